The van der Waals surface area contributed by atoms with E-state index in [2.05, 4.69) is 5.32 Å². The second kappa shape index (κ2) is 10.9. The maximum absolute atomic E-state index is 13.3. The van der Waals surface area contributed by atoms with Crippen LogP contribution in [0.5, 0.6) is 0 Å². The van der Waals surface area contributed by atoms with Crippen molar-refractivity contribution >= 4 is 17.8 Å². The number of carboxylic acid groups (broad SMARTS) is 1. The topological polar surface area (TPSA) is 105 Å². The van der Waals surface area contributed by atoms with Gasteiger partial charge in [0.05, 0.1) is 19.3 Å². The number of hydrogen-bond donors (Lipinski definition) is 2. The van der Waals surface area contributed by atoms with Crippen LogP contribution in [0.3, 0.4) is 0 Å². The molecule has 32 heavy (non-hydrogen) atoms. The van der Waals surface area contributed by atoms with Gasteiger partial charge in [-0.2, -0.15) is 0 Å². The lowest BCUT2D eigenvalue weighted by Gasteiger charge is -2.33. The number of ether oxygens (including phenoxy) is 2. The summed E-state index contributed by atoms with van der Waals surface area (Å²) in [4.78, 5) is 39.2. The van der Waals surface area contributed by atoms with Crippen molar-refractivity contribution in [3.8, 4) is 0 Å². The molecule has 2 fully saturated rings. The molecule has 8 nitrogen and oxygen atoms in total. The zero-order valence-electron chi connectivity index (χ0n) is 18.9. The summed E-state index contributed by atoms with van der Waals surface area (Å²) < 4.78 is 10.8. The molecule has 2 aliphatic rings. The van der Waals surface area contributed by atoms with Crippen molar-refractivity contribution in [2.45, 2.75) is 64.1 Å². The predicted molar refractivity (Wildman–Crippen MR) is 118 cm³/mol. The standard InChI is InChI=1S/C24H34N2O6/c1-3-32-23(30)19(11-10-18-8-5-4-6-9-18)25-17(2)21(27)26-15-24(12-7-13-31-16-24)14-20(26)22(28)29/h4-6,8-9,17,19-20,25H,3,7,10-16H2,1-2H3,(H,28,29)/t17-,19?,20-,24?/m0/s1. The molecule has 2 saturated heterocycles. The lowest BCUT2D eigenvalue weighted by molar-refractivity contribution is -0.150. The van der Waals surface area contributed by atoms with Gasteiger partial charge in [-0.15, -0.1) is 0 Å². The van der Waals surface area contributed by atoms with E-state index in [4.69, 9.17) is 9.47 Å². The monoisotopic (exact) mass is 446 g/mol. The van der Waals surface area contributed by atoms with E-state index in [9.17, 15) is 19.5 Å². The number of benzene rings is 1. The smallest absolute Gasteiger partial charge is 0.326 e. The molecule has 3 rings (SSSR count). The summed E-state index contributed by atoms with van der Waals surface area (Å²) in [6.07, 6.45) is 3.24. The number of rotatable bonds is 9. The first-order valence-electron chi connectivity index (χ1n) is 11.4. The molecule has 1 spiro atoms. The Balaban J connectivity index is 1.68. The molecule has 0 bridgehead atoms. The summed E-state index contributed by atoms with van der Waals surface area (Å²) in [6.45, 7) is 5.19. The van der Waals surface area contributed by atoms with E-state index in [1.165, 1.54) is 4.90 Å². The number of nitrogens with zero attached hydrogens (tertiary/aromatic N) is 1. The maximum atomic E-state index is 13.3. The molecule has 1 aromatic carbocycles. The number of carbonyl (C=O) groups excluding carboxylic acids is 2. The first-order chi connectivity index (χ1) is 15.3. The van der Waals surface area contributed by atoms with Crippen molar-refractivity contribution in [2.75, 3.05) is 26.4 Å². The Morgan fingerprint density at radius 3 is 2.69 bits per heavy atom. The van der Waals surface area contributed by atoms with Crippen molar-refractivity contribution in [1.29, 1.82) is 0 Å². The lowest BCUT2D eigenvalue weighted by Crippen LogP contribution is -2.53. The SMILES string of the molecule is CCOC(=O)C(CCc1ccccc1)N[C@@H](C)C(=O)N1CC2(CCCOC2)C[C@H]1C(=O)O. The lowest BCUT2D eigenvalue weighted by atomic mass is 9.80. The Morgan fingerprint density at radius 1 is 1.31 bits per heavy atom. The van der Waals surface area contributed by atoms with Crippen molar-refractivity contribution in [3.05, 3.63) is 35.9 Å². The molecule has 8 heteroatoms. The fourth-order valence-corrected chi connectivity index (χ4v) is 4.79. The van der Waals surface area contributed by atoms with Gasteiger partial charge in [0.2, 0.25) is 5.91 Å². The minimum Gasteiger partial charge on any atom is -0.480 e. The van der Waals surface area contributed by atoms with E-state index >= 15 is 0 Å². The molecular weight excluding hydrogens is 412 g/mol. The Bertz CT molecular complexity index is 793. The van der Waals surface area contributed by atoms with E-state index in [-0.39, 0.29) is 17.9 Å². The number of nitrogens with one attached hydrogen (secondary N) is 1. The zero-order valence-corrected chi connectivity index (χ0v) is 18.9. The van der Waals surface area contributed by atoms with Crippen LogP contribution < -0.4 is 5.32 Å². The molecule has 2 aliphatic heterocycles. The van der Waals surface area contributed by atoms with Gasteiger partial charge in [0.1, 0.15) is 12.1 Å². The van der Waals surface area contributed by atoms with Crippen LogP contribution in [-0.4, -0.2) is 72.3 Å². The van der Waals surface area contributed by atoms with Crippen molar-refractivity contribution in [2.24, 2.45) is 5.41 Å². The van der Waals surface area contributed by atoms with Gasteiger partial charge in [-0.05, 0) is 51.5 Å². The Hall–Kier alpha value is -2.45. The molecule has 0 aliphatic carbocycles. The summed E-state index contributed by atoms with van der Waals surface area (Å²) in [5.74, 6) is -1.72. The summed E-state index contributed by atoms with van der Waals surface area (Å²) in [5.41, 5.74) is 0.789. The zero-order chi connectivity index (χ0) is 23.1. The van der Waals surface area contributed by atoms with E-state index < -0.39 is 30.1 Å². The number of hydrogen-bond acceptors (Lipinski definition) is 6. The minimum absolute atomic E-state index is 0.250. The largest absolute Gasteiger partial charge is 0.480 e. The third-order valence-electron chi connectivity index (χ3n) is 6.44. The number of likely N-dealkylation sites (tertiary alicyclic amines) is 1. The molecule has 0 saturated carbocycles. The normalized spacial score (nSPS) is 24.8. The predicted octanol–water partition coefficient (Wildman–Crippen LogP) is 2.01. The highest BCUT2D eigenvalue weighted by Crippen LogP contribution is 2.41. The van der Waals surface area contributed by atoms with Gasteiger partial charge in [0.15, 0.2) is 0 Å². The number of aliphatic carboxylic acids is 1. The van der Waals surface area contributed by atoms with Gasteiger partial charge in [-0.1, -0.05) is 30.3 Å². The van der Waals surface area contributed by atoms with E-state index in [0.717, 1.165) is 18.4 Å². The number of carboxylic acids is 1. The van der Waals surface area contributed by atoms with Gasteiger partial charge in [-0.3, -0.25) is 14.9 Å². The van der Waals surface area contributed by atoms with Gasteiger partial charge in [-0.25, -0.2) is 4.79 Å². The van der Waals surface area contributed by atoms with Crippen LogP contribution in [0.25, 0.3) is 0 Å². The quantitative estimate of drug-likeness (QED) is 0.559. The van der Waals surface area contributed by atoms with Crippen LogP contribution in [0.1, 0.15) is 45.1 Å². The third kappa shape index (κ3) is 5.86. The van der Waals surface area contributed by atoms with E-state index in [1.807, 2.05) is 30.3 Å². The molecule has 2 unspecified atom stereocenters. The van der Waals surface area contributed by atoms with Crippen molar-refractivity contribution in [1.82, 2.24) is 10.2 Å². The van der Waals surface area contributed by atoms with Crippen LogP contribution in [0.2, 0.25) is 0 Å². The molecule has 176 valence electrons. The number of carbonyl (C=O) groups is 3. The minimum atomic E-state index is -1.00. The van der Waals surface area contributed by atoms with Gasteiger partial charge in [0.25, 0.3) is 0 Å². The molecule has 1 amide bonds. The highest BCUT2D eigenvalue weighted by atomic mass is 16.5. The Labute approximate surface area is 189 Å². The second-order valence-electron chi connectivity index (χ2n) is 8.90. The fourth-order valence-electron chi connectivity index (χ4n) is 4.79. The maximum Gasteiger partial charge on any atom is 0.326 e. The summed E-state index contributed by atoms with van der Waals surface area (Å²) in [7, 11) is 0. The first kappa shape index (κ1) is 24.2. The fraction of sp³-hybridized carbons (Fsp3) is 0.625. The van der Waals surface area contributed by atoms with Crippen LogP contribution in [0.15, 0.2) is 30.3 Å². The molecule has 0 aromatic heterocycles. The highest BCUT2D eigenvalue weighted by molar-refractivity contribution is 5.88. The van der Waals surface area contributed by atoms with Crippen LogP contribution >= 0.6 is 0 Å². The second-order valence-corrected chi connectivity index (χ2v) is 8.90. The summed E-state index contributed by atoms with van der Waals surface area (Å²) in [5, 5.41) is 12.9. The number of esters is 1. The Kier molecular flexibility index (Phi) is 8.26. The number of amides is 1. The third-order valence-corrected chi connectivity index (χ3v) is 6.44. The number of aryl methyl sites for hydroxylation is 1. The first-order valence-corrected chi connectivity index (χ1v) is 11.4. The highest BCUT2D eigenvalue weighted by Gasteiger charge is 2.50. The van der Waals surface area contributed by atoms with E-state index in [1.54, 1.807) is 13.8 Å². The Morgan fingerprint density at radius 2 is 2.06 bits per heavy atom. The van der Waals surface area contributed by atoms with Crippen molar-refractivity contribution < 1.29 is 29.0 Å². The van der Waals surface area contributed by atoms with Crippen LogP contribution in [-0.2, 0) is 30.3 Å². The van der Waals surface area contributed by atoms with Gasteiger partial charge in [0, 0.05) is 18.6 Å². The molecule has 1 aromatic rings. The van der Waals surface area contributed by atoms with Crippen molar-refractivity contribution in [3.63, 3.8) is 0 Å². The van der Waals surface area contributed by atoms with Crippen LogP contribution in [0, 0.1) is 5.41 Å². The van der Waals surface area contributed by atoms with Crippen LogP contribution in [0.4, 0.5) is 0 Å². The average molecular weight is 447 g/mol. The average Bonchev–Trinajstić information content (AvgIpc) is 3.16. The molecule has 2 N–H and O–H groups in total. The molecule has 0 radical (unpaired) electrons. The van der Waals surface area contributed by atoms with Gasteiger partial charge < -0.3 is 19.5 Å². The summed E-state index contributed by atoms with van der Waals surface area (Å²) in [6, 6.07) is 7.54. The molecule has 4 atom stereocenters. The molecular formula is C24H34N2O6. The van der Waals surface area contributed by atoms with E-state index in [0.29, 0.717) is 39.0 Å². The van der Waals surface area contributed by atoms with Gasteiger partial charge >= 0.3 is 11.9 Å². The summed E-state index contributed by atoms with van der Waals surface area (Å²) >= 11 is 0. The molecule has 2 heterocycles.